The fourth-order valence-corrected chi connectivity index (χ4v) is 3.85. The van der Waals surface area contributed by atoms with Gasteiger partial charge in [0.25, 0.3) is 5.91 Å². The van der Waals surface area contributed by atoms with Gasteiger partial charge in [0.15, 0.2) is 0 Å². The number of rotatable bonds is 3. The van der Waals surface area contributed by atoms with Gasteiger partial charge in [0.05, 0.1) is 5.69 Å². The molecule has 1 unspecified atom stereocenters. The first-order valence-electron chi connectivity index (χ1n) is 7.65. The number of carbonyl (C=O) groups is 1. The largest absolute Gasteiger partial charge is 0.364 e. The van der Waals surface area contributed by atoms with Crippen LogP contribution in [0.4, 0.5) is 5.69 Å². The second-order valence-corrected chi connectivity index (χ2v) is 7.63. The minimum Gasteiger partial charge on any atom is -0.364 e. The highest BCUT2D eigenvalue weighted by Gasteiger charge is 2.29. The minimum absolute atomic E-state index is 0.0560. The highest BCUT2D eigenvalue weighted by Crippen LogP contribution is 2.30. The van der Waals surface area contributed by atoms with Crippen molar-refractivity contribution < 1.29 is 13.2 Å². The molecule has 0 fully saturated rings. The van der Waals surface area contributed by atoms with E-state index in [4.69, 9.17) is 0 Å². The summed E-state index contributed by atoms with van der Waals surface area (Å²) in [6.07, 6.45) is -0.577. The summed E-state index contributed by atoms with van der Waals surface area (Å²) in [7, 11) is -3.57. The van der Waals surface area contributed by atoms with Crippen LogP contribution in [0.3, 0.4) is 0 Å². The topological polar surface area (TPSA) is 87.3 Å². The van der Waals surface area contributed by atoms with Crippen molar-refractivity contribution >= 4 is 21.6 Å². The van der Waals surface area contributed by atoms with Gasteiger partial charge in [-0.1, -0.05) is 24.3 Å². The van der Waals surface area contributed by atoms with E-state index in [1.807, 2.05) is 13.8 Å². The third-order valence-electron chi connectivity index (χ3n) is 3.68. The van der Waals surface area contributed by atoms with E-state index in [0.29, 0.717) is 11.3 Å². The molecule has 3 N–H and O–H groups in total. The Morgan fingerprint density at radius 1 is 1.08 bits per heavy atom. The average molecular weight is 345 g/mol. The van der Waals surface area contributed by atoms with Gasteiger partial charge < -0.3 is 10.6 Å². The van der Waals surface area contributed by atoms with E-state index >= 15 is 0 Å². The molecule has 1 heterocycles. The number of hydrogen-bond donors (Lipinski definition) is 3. The summed E-state index contributed by atoms with van der Waals surface area (Å²) in [5.74, 6) is -0.154. The molecule has 0 aliphatic carbocycles. The second kappa shape index (κ2) is 6.26. The summed E-state index contributed by atoms with van der Waals surface area (Å²) in [5, 5.41) is 5.98. The summed E-state index contributed by atoms with van der Waals surface area (Å²) in [5.41, 5.74) is 1.82. The number of amides is 1. The molecule has 1 aliphatic rings. The Bertz CT molecular complexity index is 861. The fourth-order valence-electron chi connectivity index (χ4n) is 2.55. The smallest absolute Gasteiger partial charge is 0.251 e. The molecule has 1 aliphatic heterocycles. The zero-order chi connectivity index (χ0) is 17.3. The number of benzene rings is 2. The molecule has 3 rings (SSSR count). The third-order valence-corrected chi connectivity index (χ3v) is 5.16. The molecule has 126 valence electrons. The summed E-state index contributed by atoms with van der Waals surface area (Å²) >= 11 is 0. The Morgan fingerprint density at radius 3 is 2.42 bits per heavy atom. The van der Waals surface area contributed by atoms with Gasteiger partial charge in [-0.15, -0.1) is 0 Å². The predicted octanol–water partition coefficient (Wildman–Crippen LogP) is 2.23. The van der Waals surface area contributed by atoms with E-state index in [0.717, 1.165) is 5.56 Å². The lowest BCUT2D eigenvalue weighted by Gasteiger charge is -2.28. The zero-order valence-corrected chi connectivity index (χ0v) is 14.2. The van der Waals surface area contributed by atoms with Crippen molar-refractivity contribution in [3.05, 3.63) is 59.7 Å². The maximum atomic E-state index is 12.3. The molecule has 1 amide bonds. The molecule has 0 saturated heterocycles. The molecule has 0 saturated carbocycles. The van der Waals surface area contributed by atoms with Crippen molar-refractivity contribution in [2.45, 2.75) is 31.0 Å². The Kier molecular flexibility index (Phi) is 4.29. The number of hydrogen-bond acceptors (Lipinski definition) is 4. The highest BCUT2D eigenvalue weighted by atomic mass is 32.2. The van der Waals surface area contributed by atoms with Crippen LogP contribution < -0.4 is 15.4 Å². The van der Waals surface area contributed by atoms with E-state index in [1.54, 1.807) is 48.5 Å². The molecule has 24 heavy (non-hydrogen) atoms. The van der Waals surface area contributed by atoms with E-state index in [2.05, 4.69) is 15.4 Å². The van der Waals surface area contributed by atoms with E-state index in [-0.39, 0.29) is 16.8 Å². The van der Waals surface area contributed by atoms with Crippen LogP contribution in [-0.4, -0.2) is 20.4 Å². The second-order valence-electron chi connectivity index (χ2n) is 5.94. The van der Waals surface area contributed by atoms with Crippen LogP contribution in [0.15, 0.2) is 53.4 Å². The minimum atomic E-state index is -3.57. The SMILES string of the molecule is CC(C)NC(=O)c1ccc(C2Nc3ccccc3S(=O)(=O)N2)cc1. The van der Waals surface area contributed by atoms with Gasteiger partial charge in [0.1, 0.15) is 11.1 Å². The molecule has 2 aromatic carbocycles. The molecule has 1 atom stereocenters. The van der Waals surface area contributed by atoms with Crippen molar-refractivity contribution in [2.75, 3.05) is 5.32 Å². The first-order chi connectivity index (χ1) is 11.4. The molecule has 7 heteroatoms. The number of nitrogens with one attached hydrogen (secondary N) is 3. The Balaban J connectivity index is 1.85. The lowest BCUT2D eigenvalue weighted by atomic mass is 10.1. The van der Waals surface area contributed by atoms with Crippen molar-refractivity contribution in [1.29, 1.82) is 0 Å². The normalized spacial score (nSPS) is 18.5. The lowest BCUT2D eigenvalue weighted by molar-refractivity contribution is 0.0943. The number of carbonyl (C=O) groups excluding carboxylic acids is 1. The van der Waals surface area contributed by atoms with Gasteiger partial charge >= 0.3 is 0 Å². The number of sulfonamides is 1. The van der Waals surface area contributed by atoms with Crippen molar-refractivity contribution in [1.82, 2.24) is 10.0 Å². The summed E-state index contributed by atoms with van der Waals surface area (Å²) in [6, 6.07) is 13.6. The van der Waals surface area contributed by atoms with Gasteiger partial charge in [-0.3, -0.25) is 4.79 Å². The molecular weight excluding hydrogens is 326 g/mol. The lowest BCUT2D eigenvalue weighted by Crippen LogP contribution is -2.38. The third kappa shape index (κ3) is 3.27. The summed E-state index contributed by atoms with van der Waals surface area (Å²) in [4.78, 5) is 12.2. The van der Waals surface area contributed by atoms with E-state index < -0.39 is 16.2 Å². The van der Waals surface area contributed by atoms with E-state index in [9.17, 15) is 13.2 Å². The van der Waals surface area contributed by atoms with Gasteiger partial charge in [-0.05, 0) is 43.7 Å². The van der Waals surface area contributed by atoms with Gasteiger partial charge in [-0.25, -0.2) is 8.42 Å². The Hall–Kier alpha value is -2.38. The molecular formula is C17H19N3O3S. The maximum absolute atomic E-state index is 12.3. The first kappa shape index (κ1) is 16.5. The molecule has 0 spiro atoms. The number of para-hydroxylation sites is 1. The maximum Gasteiger partial charge on any atom is 0.251 e. The van der Waals surface area contributed by atoms with Gasteiger partial charge in [0.2, 0.25) is 10.0 Å². The van der Waals surface area contributed by atoms with Crippen molar-refractivity contribution in [2.24, 2.45) is 0 Å². The van der Waals surface area contributed by atoms with Crippen LogP contribution in [0.2, 0.25) is 0 Å². The number of anilines is 1. The Morgan fingerprint density at radius 2 is 1.75 bits per heavy atom. The standard InChI is InChI=1S/C17H19N3O3S/c1-11(2)18-17(21)13-9-7-12(8-10-13)16-19-14-5-3-4-6-15(14)24(22,23)20-16/h3-11,16,19-20H,1-2H3,(H,18,21). The molecule has 0 bridgehead atoms. The quantitative estimate of drug-likeness (QED) is 0.796. The first-order valence-corrected chi connectivity index (χ1v) is 9.14. The van der Waals surface area contributed by atoms with Crippen molar-refractivity contribution in [3.8, 4) is 0 Å². The number of fused-ring (bicyclic) bond motifs is 1. The fraction of sp³-hybridized carbons (Fsp3) is 0.235. The van der Waals surface area contributed by atoms with Crippen LogP contribution in [0, 0.1) is 0 Å². The van der Waals surface area contributed by atoms with E-state index in [1.165, 1.54) is 0 Å². The Labute approximate surface area is 141 Å². The molecule has 0 aromatic heterocycles. The average Bonchev–Trinajstić information content (AvgIpc) is 2.54. The van der Waals surface area contributed by atoms with Crippen LogP contribution in [0.1, 0.15) is 35.9 Å². The van der Waals surface area contributed by atoms with Crippen LogP contribution in [0.25, 0.3) is 0 Å². The van der Waals surface area contributed by atoms with Crippen LogP contribution in [-0.2, 0) is 10.0 Å². The monoisotopic (exact) mass is 345 g/mol. The summed E-state index contributed by atoms with van der Waals surface area (Å²) < 4.78 is 27.3. The van der Waals surface area contributed by atoms with Gasteiger partial charge in [-0.2, -0.15) is 4.72 Å². The molecule has 0 radical (unpaired) electrons. The van der Waals surface area contributed by atoms with Crippen LogP contribution in [0.5, 0.6) is 0 Å². The zero-order valence-electron chi connectivity index (χ0n) is 13.4. The summed E-state index contributed by atoms with van der Waals surface area (Å²) in [6.45, 7) is 3.79. The van der Waals surface area contributed by atoms with Crippen molar-refractivity contribution in [3.63, 3.8) is 0 Å². The van der Waals surface area contributed by atoms with Crippen LogP contribution >= 0.6 is 0 Å². The molecule has 6 nitrogen and oxygen atoms in total. The predicted molar refractivity (Wildman–Crippen MR) is 92.2 cm³/mol. The van der Waals surface area contributed by atoms with Gasteiger partial charge in [0, 0.05) is 11.6 Å². The molecule has 2 aromatic rings. The highest BCUT2D eigenvalue weighted by molar-refractivity contribution is 7.89.